The molecule has 0 aromatic rings. The van der Waals surface area contributed by atoms with Crippen LogP contribution in [-0.4, -0.2) is 25.4 Å². The minimum Gasteiger partial charge on any atom is -0.400 e. The van der Waals surface area contributed by atoms with E-state index in [2.05, 4.69) is 6.92 Å². The largest absolute Gasteiger partial charge is 0.400 e. The Bertz CT molecular complexity index is 18.5. The van der Waals surface area contributed by atoms with Crippen molar-refractivity contribution in [1.82, 2.24) is 0 Å². The number of hydrogen-bond acceptors (Lipinski definition) is 2. The predicted octanol–water partition coefficient (Wildman–Crippen LogP) is 1.04. The van der Waals surface area contributed by atoms with Crippen LogP contribution in [0.25, 0.3) is 0 Å². The molecule has 2 heteroatoms. The fraction of sp³-hybridized carbons (Fsp3) is 1.00. The number of rotatable bonds is 3. The normalized spacial score (nSPS) is 7.50. The lowest BCUT2D eigenvalue weighted by molar-refractivity contribution is 0.148. The van der Waals surface area contributed by atoms with Crippen LogP contribution in [0.3, 0.4) is 0 Å². The zero-order chi connectivity index (χ0) is 6.83. The molecule has 52 valence electrons. The predicted molar refractivity (Wildman–Crippen MR) is 34.9 cm³/mol. The van der Waals surface area contributed by atoms with E-state index in [0.29, 0.717) is 0 Å². The van der Waals surface area contributed by atoms with Gasteiger partial charge in [-0.05, 0) is 13.3 Å². The van der Waals surface area contributed by atoms with E-state index >= 15 is 0 Å². The van der Waals surface area contributed by atoms with Crippen molar-refractivity contribution in [2.45, 2.75) is 20.3 Å². The Labute approximate surface area is 51.5 Å². The molecule has 0 saturated carbocycles. The first-order valence-corrected chi connectivity index (χ1v) is 2.94. The number of ether oxygens (including phenoxy) is 1. The van der Waals surface area contributed by atoms with E-state index in [0.717, 1.165) is 26.7 Å². The second-order valence-electron chi connectivity index (χ2n) is 1.20. The maximum atomic E-state index is 7.00. The van der Waals surface area contributed by atoms with Crippen molar-refractivity contribution in [1.29, 1.82) is 0 Å². The number of aliphatic hydroxyl groups is 1. The molecule has 2 nitrogen and oxygen atoms in total. The Hall–Kier alpha value is -0.0800. The third-order valence-electron chi connectivity index (χ3n) is 0.553. The number of aliphatic hydroxyl groups excluding tert-OH is 1. The van der Waals surface area contributed by atoms with Gasteiger partial charge in [0.1, 0.15) is 0 Å². The molecule has 0 aliphatic heterocycles. The standard InChI is InChI=1S/C5H12O.CH4O/c1-3-5-6-4-2;1-2/h3-5H2,1-2H3;2H,1H3. The lowest BCUT2D eigenvalue weighted by Crippen LogP contribution is -1.88. The van der Waals surface area contributed by atoms with Crippen molar-refractivity contribution >= 4 is 0 Å². The fourth-order valence-corrected chi connectivity index (χ4v) is 0.289. The summed E-state index contributed by atoms with van der Waals surface area (Å²) in [4.78, 5) is 0. The van der Waals surface area contributed by atoms with E-state index in [4.69, 9.17) is 9.84 Å². The molecule has 0 saturated heterocycles. The van der Waals surface area contributed by atoms with Gasteiger partial charge in [-0.25, -0.2) is 0 Å². The van der Waals surface area contributed by atoms with Gasteiger partial charge in [0.15, 0.2) is 0 Å². The van der Waals surface area contributed by atoms with Crippen molar-refractivity contribution < 1.29 is 9.84 Å². The molecule has 0 fully saturated rings. The Morgan fingerprint density at radius 2 is 1.75 bits per heavy atom. The molecule has 0 bridgehead atoms. The summed E-state index contributed by atoms with van der Waals surface area (Å²) in [6.07, 6.45) is 1.13. The minimum absolute atomic E-state index is 0.855. The van der Waals surface area contributed by atoms with Crippen LogP contribution >= 0.6 is 0 Å². The second-order valence-corrected chi connectivity index (χ2v) is 1.20. The van der Waals surface area contributed by atoms with Gasteiger partial charge < -0.3 is 9.84 Å². The van der Waals surface area contributed by atoms with Crippen LogP contribution in [0, 0.1) is 0 Å². The van der Waals surface area contributed by atoms with Crippen LogP contribution in [0.2, 0.25) is 0 Å². The van der Waals surface area contributed by atoms with Crippen molar-refractivity contribution in [3.8, 4) is 0 Å². The minimum atomic E-state index is 0.855. The molecular formula is C6H16O2. The van der Waals surface area contributed by atoms with Gasteiger partial charge in [-0.2, -0.15) is 0 Å². The van der Waals surface area contributed by atoms with Crippen LogP contribution in [-0.2, 0) is 4.74 Å². The van der Waals surface area contributed by atoms with E-state index in [1.54, 1.807) is 0 Å². The summed E-state index contributed by atoms with van der Waals surface area (Å²) in [5.74, 6) is 0. The Kier molecular flexibility index (Phi) is 21.3. The van der Waals surface area contributed by atoms with E-state index in [-0.39, 0.29) is 0 Å². The second kappa shape index (κ2) is 15.8. The number of hydrogen-bond donors (Lipinski definition) is 1. The average molecular weight is 120 g/mol. The van der Waals surface area contributed by atoms with E-state index in [1.165, 1.54) is 0 Å². The summed E-state index contributed by atoms with van der Waals surface area (Å²) in [5.41, 5.74) is 0. The molecule has 0 atom stereocenters. The third kappa shape index (κ3) is 16.8. The Morgan fingerprint density at radius 1 is 1.25 bits per heavy atom. The maximum Gasteiger partial charge on any atom is 0.0463 e. The quantitative estimate of drug-likeness (QED) is 0.564. The summed E-state index contributed by atoms with van der Waals surface area (Å²) in [6.45, 7) is 5.88. The van der Waals surface area contributed by atoms with E-state index < -0.39 is 0 Å². The molecular weight excluding hydrogens is 104 g/mol. The fourth-order valence-electron chi connectivity index (χ4n) is 0.289. The van der Waals surface area contributed by atoms with Crippen molar-refractivity contribution in [2.24, 2.45) is 0 Å². The van der Waals surface area contributed by atoms with Gasteiger partial charge in [-0.3, -0.25) is 0 Å². The van der Waals surface area contributed by atoms with E-state index in [1.807, 2.05) is 6.92 Å². The van der Waals surface area contributed by atoms with Gasteiger partial charge in [-0.15, -0.1) is 0 Å². The van der Waals surface area contributed by atoms with Gasteiger partial charge in [0.25, 0.3) is 0 Å². The van der Waals surface area contributed by atoms with Crippen LogP contribution in [0.4, 0.5) is 0 Å². The molecule has 0 heterocycles. The topological polar surface area (TPSA) is 29.5 Å². The van der Waals surface area contributed by atoms with E-state index in [9.17, 15) is 0 Å². The van der Waals surface area contributed by atoms with Crippen LogP contribution in [0.15, 0.2) is 0 Å². The van der Waals surface area contributed by atoms with Crippen molar-refractivity contribution in [3.63, 3.8) is 0 Å². The Morgan fingerprint density at radius 3 is 1.88 bits per heavy atom. The van der Waals surface area contributed by atoms with Gasteiger partial charge in [-0.1, -0.05) is 6.92 Å². The molecule has 8 heavy (non-hydrogen) atoms. The maximum absolute atomic E-state index is 7.00. The molecule has 0 aromatic carbocycles. The summed E-state index contributed by atoms with van der Waals surface area (Å²) in [7, 11) is 1.00. The average Bonchev–Trinajstić information content (AvgIpc) is 1.88. The molecule has 0 aliphatic rings. The smallest absolute Gasteiger partial charge is 0.0463 e. The molecule has 0 unspecified atom stereocenters. The summed E-state index contributed by atoms with van der Waals surface area (Å²) >= 11 is 0. The zero-order valence-electron chi connectivity index (χ0n) is 5.98. The highest BCUT2D eigenvalue weighted by Crippen LogP contribution is 1.75. The summed E-state index contributed by atoms with van der Waals surface area (Å²) in [6, 6.07) is 0. The van der Waals surface area contributed by atoms with Gasteiger partial charge in [0.2, 0.25) is 0 Å². The first-order chi connectivity index (χ1) is 3.91. The van der Waals surface area contributed by atoms with Gasteiger partial charge in [0, 0.05) is 20.3 Å². The first-order valence-electron chi connectivity index (χ1n) is 2.94. The molecule has 0 aromatic heterocycles. The SMILES string of the molecule is CCCOCC.CO. The molecule has 0 amide bonds. The summed E-state index contributed by atoms with van der Waals surface area (Å²) < 4.78 is 4.98. The van der Waals surface area contributed by atoms with Crippen molar-refractivity contribution in [2.75, 3.05) is 20.3 Å². The molecule has 1 N–H and O–H groups in total. The first kappa shape index (κ1) is 10.8. The lowest BCUT2D eigenvalue weighted by Gasteiger charge is -1.91. The monoisotopic (exact) mass is 120 g/mol. The zero-order valence-corrected chi connectivity index (χ0v) is 5.98. The molecule has 0 spiro atoms. The molecule has 0 radical (unpaired) electrons. The van der Waals surface area contributed by atoms with Crippen LogP contribution in [0.1, 0.15) is 20.3 Å². The highest BCUT2D eigenvalue weighted by molar-refractivity contribution is 4.19. The third-order valence-corrected chi connectivity index (χ3v) is 0.553. The van der Waals surface area contributed by atoms with Crippen LogP contribution < -0.4 is 0 Å². The van der Waals surface area contributed by atoms with Gasteiger partial charge >= 0.3 is 0 Å². The van der Waals surface area contributed by atoms with Crippen molar-refractivity contribution in [3.05, 3.63) is 0 Å². The molecule has 0 rings (SSSR count). The lowest BCUT2D eigenvalue weighted by atomic mass is 10.5. The summed E-state index contributed by atoms with van der Waals surface area (Å²) in [5, 5.41) is 7.00. The molecule has 0 aliphatic carbocycles. The van der Waals surface area contributed by atoms with Gasteiger partial charge in [0.05, 0.1) is 0 Å². The highest BCUT2D eigenvalue weighted by atomic mass is 16.5. The van der Waals surface area contributed by atoms with Crippen LogP contribution in [0.5, 0.6) is 0 Å². The highest BCUT2D eigenvalue weighted by Gasteiger charge is 1.72. The Balaban J connectivity index is 0.